The Labute approximate surface area is 114 Å². The molecule has 19 heavy (non-hydrogen) atoms. The molecule has 0 N–H and O–H groups in total. The Morgan fingerprint density at radius 2 is 1.47 bits per heavy atom. The first-order valence-corrected chi connectivity index (χ1v) is 7.65. The molecule has 0 aliphatic rings. The fourth-order valence-corrected chi connectivity index (χ4v) is 3.54. The highest BCUT2D eigenvalue weighted by atomic mass is 32.2. The minimum atomic E-state index is -4.06. The zero-order valence-electron chi connectivity index (χ0n) is 11.9. The van der Waals surface area contributed by atoms with Crippen LogP contribution in [0.4, 0.5) is 0 Å². The summed E-state index contributed by atoms with van der Waals surface area (Å²) in [5, 5.41) is 0. The van der Waals surface area contributed by atoms with Gasteiger partial charge in [0.25, 0.3) is 0 Å². The molecule has 0 radical (unpaired) electrons. The second-order valence-electron chi connectivity index (χ2n) is 5.10. The van der Waals surface area contributed by atoms with Crippen LogP contribution < -0.4 is 0 Å². The minimum absolute atomic E-state index is 0.0269. The van der Waals surface area contributed by atoms with Crippen molar-refractivity contribution in [3.63, 3.8) is 0 Å². The molecule has 0 fully saturated rings. The third kappa shape index (κ3) is 3.56. The van der Waals surface area contributed by atoms with Crippen LogP contribution in [0, 0.1) is 0 Å². The SMILES string of the molecule is CC(=O)OS(=O)(=O)c1c(C(C)C)cccc1C(C)C. The van der Waals surface area contributed by atoms with E-state index in [0.717, 1.165) is 6.92 Å². The number of carbonyl (C=O) groups is 1. The summed E-state index contributed by atoms with van der Waals surface area (Å²) in [5.74, 6) is -0.772. The number of hydrogen-bond acceptors (Lipinski definition) is 4. The Kier molecular flexibility index (Phi) is 4.74. The number of carbonyl (C=O) groups excluding carboxylic acids is 1. The molecular formula is C14H20O4S. The van der Waals surface area contributed by atoms with Crippen molar-refractivity contribution in [3.05, 3.63) is 29.3 Å². The van der Waals surface area contributed by atoms with Gasteiger partial charge in [-0.3, -0.25) is 4.79 Å². The van der Waals surface area contributed by atoms with E-state index in [1.807, 2.05) is 33.8 Å². The lowest BCUT2D eigenvalue weighted by Crippen LogP contribution is -2.16. The van der Waals surface area contributed by atoms with Gasteiger partial charge in [0.15, 0.2) is 0 Å². The smallest absolute Gasteiger partial charge is 0.342 e. The maximum absolute atomic E-state index is 12.3. The molecule has 0 heterocycles. The van der Waals surface area contributed by atoms with Crippen molar-refractivity contribution in [1.82, 2.24) is 0 Å². The molecule has 106 valence electrons. The highest BCUT2D eigenvalue weighted by molar-refractivity contribution is 7.87. The van der Waals surface area contributed by atoms with Gasteiger partial charge < -0.3 is 4.18 Å². The minimum Gasteiger partial charge on any atom is -0.343 e. The Morgan fingerprint density at radius 3 is 1.79 bits per heavy atom. The Morgan fingerprint density at radius 1 is 1.05 bits per heavy atom. The number of rotatable bonds is 4. The Hall–Kier alpha value is -1.36. The lowest BCUT2D eigenvalue weighted by Gasteiger charge is -2.18. The first-order chi connectivity index (χ1) is 8.66. The predicted molar refractivity (Wildman–Crippen MR) is 73.6 cm³/mol. The van der Waals surface area contributed by atoms with Gasteiger partial charge in [0, 0.05) is 6.92 Å². The van der Waals surface area contributed by atoms with Gasteiger partial charge >= 0.3 is 16.1 Å². The lowest BCUT2D eigenvalue weighted by atomic mass is 9.95. The van der Waals surface area contributed by atoms with E-state index in [1.165, 1.54) is 0 Å². The van der Waals surface area contributed by atoms with Crippen molar-refractivity contribution in [2.45, 2.75) is 51.3 Å². The van der Waals surface area contributed by atoms with E-state index in [9.17, 15) is 13.2 Å². The molecular weight excluding hydrogens is 264 g/mol. The number of benzene rings is 1. The maximum Gasteiger partial charge on any atom is 0.342 e. The summed E-state index contributed by atoms with van der Waals surface area (Å²) >= 11 is 0. The van der Waals surface area contributed by atoms with Crippen molar-refractivity contribution in [1.29, 1.82) is 0 Å². The molecule has 0 saturated heterocycles. The molecule has 0 amide bonds. The average molecular weight is 284 g/mol. The average Bonchev–Trinajstić information content (AvgIpc) is 2.26. The summed E-state index contributed by atoms with van der Waals surface area (Å²) in [6, 6.07) is 5.34. The van der Waals surface area contributed by atoms with Crippen LogP contribution in [0.2, 0.25) is 0 Å². The zero-order chi connectivity index (χ0) is 14.8. The molecule has 0 atom stereocenters. The summed E-state index contributed by atoms with van der Waals surface area (Å²) in [4.78, 5) is 11.1. The molecule has 0 aromatic heterocycles. The topological polar surface area (TPSA) is 60.4 Å². The third-order valence-electron chi connectivity index (χ3n) is 2.80. The van der Waals surface area contributed by atoms with Crippen LogP contribution in [0.1, 0.15) is 57.6 Å². The third-order valence-corrected chi connectivity index (χ3v) is 4.22. The van der Waals surface area contributed by atoms with Crippen molar-refractivity contribution < 1.29 is 17.4 Å². The molecule has 1 rings (SSSR count). The summed E-state index contributed by atoms with van der Waals surface area (Å²) in [7, 11) is -4.06. The fraction of sp³-hybridized carbons (Fsp3) is 0.500. The molecule has 0 bridgehead atoms. The molecule has 0 aliphatic heterocycles. The van der Waals surface area contributed by atoms with Crippen LogP contribution in [0.25, 0.3) is 0 Å². The summed E-state index contributed by atoms with van der Waals surface area (Å²) in [6.07, 6.45) is 0. The summed E-state index contributed by atoms with van der Waals surface area (Å²) < 4.78 is 29.0. The van der Waals surface area contributed by atoms with Crippen LogP contribution in [-0.4, -0.2) is 14.4 Å². The van der Waals surface area contributed by atoms with E-state index in [4.69, 9.17) is 0 Å². The van der Waals surface area contributed by atoms with Gasteiger partial charge in [-0.15, -0.1) is 0 Å². The van der Waals surface area contributed by atoms with Crippen molar-refractivity contribution in [3.8, 4) is 0 Å². The summed E-state index contributed by atoms with van der Waals surface area (Å²) in [5.41, 5.74) is 1.35. The monoisotopic (exact) mass is 284 g/mol. The van der Waals surface area contributed by atoms with E-state index < -0.39 is 16.1 Å². The van der Waals surface area contributed by atoms with Gasteiger partial charge in [-0.2, -0.15) is 8.42 Å². The zero-order valence-corrected chi connectivity index (χ0v) is 12.7. The van der Waals surface area contributed by atoms with Crippen LogP contribution in [0.5, 0.6) is 0 Å². The number of hydrogen-bond donors (Lipinski definition) is 0. The van der Waals surface area contributed by atoms with Crippen LogP contribution >= 0.6 is 0 Å². The molecule has 1 aromatic rings. The van der Waals surface area contributed by atoms with E-state index in [-0.39, 0.29) is 16.7 Å². The van der Waals surface area contributed by atoms with Gasteiger partial charge in [-0.05, 0) is 23.0 Å². The van der Waals surface area contributed by atoms with Gasteiger partial charge in [-0.25, -0.2) is 0 Å². The highest BCUT2D eigenvalue weighted by Gasteiger charge is 2.27. The van der Waals surface area contributed by atoms with E-state index in [2.05, 4.69) is 4.18 Å². The van der Waals surface area contributed by atoms with Crippen LogP contribution in [-0.2, 0) is 19.1 Å². The van der Waals surface area contributed by atoms with Crippen LogP contribution in [0.3, 0.4) is 0 Å². The second kappa shape index (κ2) is 5.74. The van der Waals surface area contributed by atoms with E-state index >= 15 is 0 Å². The Bertz CT molecular complexity index is 545. The fourth-order valence-electron chi connectivity index (χ4n) is 1.97. The summed E-state index contributed by atoms with van der Waals surface area (Å²) in [6.45, 7) is 8.72. The largest absolute Gasteiger partial charge is 0.343 e. The first kappa shape index (κ1) is 15.7. The van der Waals surface area contributed by atoms with Crippen molar-refractivity contribution >= 4 is 16.1 Å². The van der Waals surface area contributed by atoms with Crippen molar-refractivity contribution in [2.24, 2.45) is 0 Å². The van der Waals surface area contributed by atoms with Crippen molar-refractivity contribution in [2.75, 3.05) is 0 Å². The quantitative estimate of drug-likeness (QED) is 0.797. The molecule has 1 aromatic carbocycles. The maximum atomic E-state index is 12.3. The Balaban J connectivity index is 3.58. The molecule has 0 spiro atoms. The normalized spacial score (nSPS) is 11.9. The molecule has 5 heteroatoms. The first-order valence-electron chi connectivity index (χ1n) is 6.24. The second-order valence-corrected chi connectivity index (χ2v) is 6.59. The molecule has 4 nitrogen and oxygen atoms in total. The molecule has 0 unspecified atom stereocenters. The predicted octanol–water partition coefficient (Wildman–Crippen LogP) is 3.19. The standard InChI is InChI=1S/C14H20O4S/c1-9(2)12-7-6-8-13(10(3)4)14(12)19(16,17)18-11(5)15/h6-10H,1-5H3. The molecule has 0 saturated carbocycles. The molecule has 0 aliphatic carbocycles. The van der Waals surface area contributed by atoms with E-state index in [0.29, 0.717) is 11.1 Å². The van der Waals surface area contributed by atoms with Crippen LogP contribution in [0.15, 0.2) is 23.1 Å². The van der Waals surface area contributed by atoms with E-state index in [1.54, 1.807) is 12.1 Å². The van der Waals surface area contributed by atoms with Gasteiger partial charge in [-0.1, -0.05) is 45.9 Å². The van der Waals surface area contributed by atoms with Gasteiger partial charge in [0.1, 0.15) is 4.90 Å². The lowest BCUT2D eigenvalue weighted by molar-refractivity contribution is -0.131. The van der Waals surface area contributed by atoms with Gasteiger partial charge in [0.2, 0.25) is 0 Å². The van der Waals surface area contributed by atoms with Gasteiger partial charge in [0.05, 0.1) is 0 Å². The highest BCUT2D eigenvalue weighted by Crippen LogP contribution is 2.32.